The van der Waals surface area contributed by atoms with Gasteiger partial charge in [0.1, 0.15) is 11.6 Å². The first kappa shape index (κ1) is 14.6. The molecule has 0 fully saturated rings. The Balaban J connectivity index is 2.92. The zero-order chi connectivity index (χ0) is 13.0. The lowest BCUT2D eigenvalue weighted by atomic mass is 9.92. The summed E-state index contributed by atoms with van der Waals surface area (Å²) in [6.07, 6.45) is 1.11. The number of rotatable bonds is 5. The van der Waals surface area contributed by atoms with Crippen LogP contribution in [-0.2, 0) is 0 Å². The predicted octanol–water partition coefficient (Wildman–Crippen LogP) is 4.59. The van der Waals surface area contributed by atoms with E-state index in [1.54, 1.807) is 0 Å². The molecule has 0 bridgehead atoms. The Morgan fingerprint density at radius 2 is 1.65 bits per heavy atom. The molecule has 1 rings (SSSR count). The summed E-state index contributed by atoms with van der Waals surface area (Å²) in [5.41, 5.74) is -0.222. The van der Waals surface area contributed by atoms with Gasteiger partial charge in [-0.05, 0) is 24.5 Å². The lowest BCUT2D eigenvalue weighted by Crippen LogP contribution is -2.09. The van der Waals surface area contributed by atoms with Crippen molar-refractivity contribution < 1.29 is 13.9 Å². The van der Waals surface area contributed by atoms with Crippen LogP contribution >= 0.6 is 15.9 Å². The maximum atomic E-state index is 13.6. The molecule has 1 aromatic carbocycles. The van der Waals surface area contributed by atoms with Crippen LogP contribution in [0, 0.1) is 17.6 Å². The first-order chi connectivity index (χ1) is 7.99. The van der Waals surface area contributed by atoms with Crippen LogP contribution in [0.3, 0.4) is 0 Å². The average Bonchev–Trinajstić information content (AvgIpc) is 2.24. The zero-order valence-electron chi connectivity index (χ0n) is 10.0. The largest absolute Gasteiger partial charge is 0.388 e. The Labute approximate surface area is 109 Å². The van der Waals surface area contributed by atoms with Crippen molar-refractivity contribution in [2.75, 3.05) is 0 Å². The maximum Gasteiger partial charge on any atom is 0.133 e. The van der Waals surface area contributed by atoms with Crippen LogP contribution in [0.1, 0.15) is 44.8 Å². The summed E-state index contributed by atoms with van der Waals surface area (Å²) in [4.78, 5) is 0. The molecule has 0 aliphatic carbocycles. The van der Waals surface area contributed by atoms with Gasteiger partial charge in [-0.2, -0.15) is 0 Å². The molecule has 0 aromatic heterocycles. The standard InChI is InChI=1S/C13H17BrF2O/c1-3-8(4-2)5-12(17)13-10(15)6-9(14)7-11(13)16/h6-8,12,17H,3-5H2,1-2H3. The molecule has 1 aromatic rings. The molecular formula is C13H17BrF2O. The van der Waals surface area contributed by atoms with Crippen molar-refractivity contribution in [1.29, 1.82) is 0 Å². The number of halogens is 3. The van der Waals surface area contributed by atoms with Gasteiger partial charge < -0.3 is 5.11 Å². The van der Waals surface area contributed by atoms with E-state index < -0.39 is 17.7 Å². The van der Waals surface area contributed by atoms with Gasteiger partial charge in [0.2, 0.25) is 0 Å². The third-order valence-electron chi connectivity index (χ3n) is 3.09. The second-order valence-corrected chi connectivity index (χ2v) is 5.13. The van der Waals surface area contributed by atoms with Gasteiger partial charge in [-0.15, -0.1) is 0 Å². The van der Waals surface area contributed by atoms with E-state index in [2.05, 4.69) is 15.9 Å². The summed E-state index contributed by atoms with van der Waals surface area (Å²) >= 11 is 3.01. The SMILES string of the molecule is CCC(CC)CC(O)c1c(F)cc(Br)cc1F. The summed E-state index contributed by atoms with van der Waals surface area (Å²) in [6, 6.07) is 2.35. The van der Waals surface area contributed by atoms with Crippen molar-refractivity contribution in [3.8, 4) is 0 Å². The zero-order valence-corrected chi connectivity index (χ0v) is 11.6. The molecule has 0 spiro atoms. The smallest absolute Gasteiger partial charge is 0.133 e. The first-order valence-corrected chi connectivity index (χ1v) is 6.61. The van der Waals surface area contributed by atoms with Crippen LogP contribution in [0.25, 0.3) is 0 Å². The lowest BCUT2D eigenvalue weighted by molar-refractivity contribution is 0.133. The van der Waals surface area contributed by atoms with Gasteiger partial charge >= 0.3 is 0 Å². The summed E-state index contributed by atoms with van der Waals surface area (Å²) in [5, 5.41) is 9.91. The number of hydrogen-bond donors (Lipinski definition) is 1. The van der Waals surface area contributed by atoms with Crippen molar-refractivity contribution in [3.63, 3.8) is 0 Å². The average molecular weight is 307 g/mol. The second kappa shape index (κ2) is 6.45. The fourth-order valence-electron chi connectivity index (χ4n) is 1.93. The Morgan fingerprint density at radius 1 is 1.18 bits per heavy atom. The third kappa shape index (κ3) is 3.75. The van der Waals surface area contributed by atoms with E-state index in [0.29, 0.717) is 10.9 Å². The molecular weight excluding hydrogens is 290 g/mol. The van der Waals surface area contributed by atoms with E-state index in [9.17, 15) is 13.9 Å². The molecule has 0 saturated carbocycles. The summed E-state index contributed by atoms with van der Waals surface area (Å²) in [5.74, 6) is -1.11. The van der Waals surface area contributed by atoms with Gasteiger partial charge in [-0.25, -0.2) is 8.78 Å². The molecule has 1 nitrogen and oxygen atoms in total. The minimum atomic E-state index is -1.08. The molecule has 0 heterocycles. The fraction of sp³-hybridized carbons (Fsp3) is 0.538. The van der Waals surface area contributed by atoms with E-state index in [-0.39, 0.29) is 11.5 Å². The van der Waals surface area contributed by atoms with Gasteiger partial charge in [0.05, 0.1) is 11.7 Å². The molecule has 0 amide bonds. The molecule has 96 valence electrons. The van der Waals surface area contributed by atoms with Crippen molar-refractivity contribution >= 4 is 15.9 Å². The highest BCUT2D eigenvalue weighted by Gasteiger charge is 2.21. The summed E-state index contributed by atoms with van der Waals surface area (Å²) in [7, 11) is 0. The third-order valence-corrected chi connectivity index (χ3v) is 3.55. The van der Waals surface area contributed by atoms with E-state index in [1.807, 2.05) is 13.8 Å². The predicted molar refractivity (Wildman–Crippen MR) is 67.7 cm³/mol. The molecule has 4 heteroatoms. The van der Waals surface area contributed by atoms with E-state index in [1.165, 1.54) is 12.1 Å². The highest BCUT2D eigenvalue weighted by molar-refractivity contribution is 9.10. The van der Waals surface area contributed by atoms with Crippen LogP contribution in [0.15, 0.2) is 16.6 Å². The summed E-state index contributed by atoms with van der Waals surface area (Å²) in [6.45, 7) is 4.02. The maximum absolute atomic E-state index is 13.6. The van der Waals surface area contributed by atoms with Gasteiger partial charge in [0.15, 0.2) is 0 Å². The highest BCUT2D eigenvalue weighted by Crippen LogP contribution is 2.30. The number of aliphatic hydroxyl groups excluding tert-OH is 1. The fourth-order valence-corrected chi connectivity index (χ4v) is 2.33. The Hall–Kier alpha value is -0.480. The second-order valence-electron chi connectivity index (χ2n) is 4.22. The topological polar surface area (TPSA) is 20.2 Å². The molecule has 0 aliphatic rings. The van der Waals surface area contributed by atoms with Gasteiger partial charge in [0.25, 0.3) is 0 Å². The molecule has 1 N–H and O–H groups in total. The Bertz CT molecular complexity index is 355. The molecule has 1 atom stereocenters. The van der Waals surface area contributed by atoms with E-state index in [0.717, 1.165) is 12.8 Å². The van der Waals surface area contributed by atoms with Gasteiger partial charge in [-0.1, -0.05) is 42.6 Å². The van der Waals surface area contributed by atoms with Gasteiger partial charge in [0, 0.05) is 4.47 Å². The Morgan fingerprint density at radius 3 is 2.06 bits per heavy atom. The van der Waals surface area contributed by atoms with Crippen molar-refractivity contribution in [2.24, 2.45) is 5.92 Å². The minimum absolute atomic E-state index is 0.222. The number of hydrogen-bond acceptors (Lipinski definition) is 1. The van der Waals surface area contributed by atoms with Crippen molar-refractivity contribution in [1.82, 2.24) is 0 Å². The molecule has 0 aliphatic heterocycles. The van der Waals surface area contributed by atoms with Crippen molar-refractivity contribution in [2.45, 2.75) is 39.2 Å². The van der Waals surface area contributed by atoms with E-state index >= 15 is 0 Å². The van der Waals surface area contributed by atoms with E-state index in [4.69, 9.17) is 0 Å². The quantitative estimate of drug-likeness (QED) is 0.843. The molecule has 1 unspecified atom stereocenters. The lowest BCUT2D eigenvalue weighted by Gasteiger charge is -2.18. The van der Waals surface area contributed by atoms with Crippen molar-refractivity contribution in [3.05, 3.63) is 33.8 Å². The van der Waals surface area contributed by atoms with Crippen LogP contribution in [0.2, 0.25) is 0 Å². The molecule has 0 saturated heterocycles. The van der Waals surface area contributed by atoms with Crippen LogP contribution < -0.4 is 0 Å². The van der Waals surface area contributed by atoms with Crippen LogP contribution in [-0.4, -0.2) is 5.11 Å². The summed E-state index contributed by atoms with van der Waals surface area (Å²) < 4.78 is 27.5. The number of benzene rings is 1. The van der Waals surface area contributed by atoms with Crippen LogP contribution in [0.4, 0.5) is 8.78 Å². The minimum Gasteiger partial charge on any atom is -0.388 e. The van der Waals surface area contributed by atoms with Gasteiger partial charge in [-0.3, -0.25) is 0 Å². The van der Waals surface area contributed by atoms with Crippen LogP contribution in [0.5, 0.6) is 0 Å². The monoisotopic (exact) mass is 306 g/mol. The first-order valence-electron chi connectivity index (χ1n) is 5.82. The Kier molecular flexibility index (Phi) is 5.53. The number of aliphatic hydroxyl groups is 1. The molecule has 17 heavy (non-hydrogen) atoms. The normalized spacial score (nSPS) is 13.1. The molecule has 0 radical (unpaired) electrons. The highest BCUT2D eigenvalue weighted by atomic mass is 79.9.